The van der Waals surface area contributed by atoms with Crippen LogP contribution in [0.25, 0.3) is 10.2 Å². The van der Waals surface area contributed by atoms with E-state index in [2.05, 4.69) is 40.2 Å². The van der Waals surface area contributed by atoms with Crippen LogP contribution in [0.1, 0.15) is 26.7 Å². The molecule has 1 fully saturated rings. The first-order valence-electron chi connectivity index (χ1n) is 6.42. The zero-order valence-corrected chi connectivity index (χ0v) is 11.6. The Hall–Kier alpha value is -1.36. The summed E-state index contributed by atoms with van der Waals surface area (Å²) in [6, 6.07) is 2.62. The molecular weight excluding hydrogens is 244 g/mol. The van der Waals surface area contributed by atoms with E-state index in [1.165, 1.54) is 12.8 Å². The summed E-state index contributed by atoms with van der Waals surface area (Å²) >= 11 is 1.62. The van der Waals surface area contributed by atoms with Crippen LogP contribution in [-0.4, -0.2) is 22.6 Å². The van der Waals surface area contributed by atoms with E-state index >= 15 is 0 Å². The second-order valence-corrected chi connectivity index (χ2v) is 6.12. The molecular formula is C13H18N4S. The Bertz CT molecular complexity index is 565. The fraction of sp³-hybridized carbons (Fsp3) is 0.538. The number of thiophene rings is 1. The van der Waals surface area contributed by atoms with Crippen molar-refractivity contribution >= 4 is 33.3 Å². The summed E-state index contributed by atoms with van der Waals surface area (Å²) in [7, 11) is 0. The van der Waals surface area contributed by atoms with Gasteiger partial charge in [0.2, 0.25) is 5.95 Å². The summed E-state index contributed by atoms with van der Waals surface area (Å²) in [5.41, 5.74) is 5.83. The highest BCUT2D eigenvalue weighted by molar-refractivity contribution is 7.16. The summed E-state index contributed by atoms with van der Waals surface area (Å²) in [5, 5.41) is 3.19. The van der Waals surface area contributed by atoms with Gasteiger partial charge in [-0.15, -0.1) is 11.3 Å². The zero-order chi connectivity index (χ0) is 12.7. The van der Waals surface area contributed by atoms with Crippen LogP contribution in [0.3, 0.4) is 0 Å². The second-order valence-electron chi connectivity index (χ2n) is 5.23. The predicted molar refractivity (Wildman–Crippen MR) is 77.0 cm³/mol. The van der Waals surface area contributed by atoms with Gasteiger partial charge >= 0.3 is 0 Å². The Labute approximate surface area is 111 Å². The molecule has 0 saturated carbocycles. The predicted octanol–water partition coefficient (Wildman–Crippen LogP) is 2.90. The second kappa shape index (κ2) is 4.39. The fourth-order valence-corrected chi connectivity index (χ4v) is 3.42. The molecule has 0 amide bonds. The minimum absolute atomic E-state index is 0.380. The Balaban J connectivity index is 2.09. The van der Waals surface area contributed by atoms with Gasteiger partial charge < -0.3 is 10.6 Å². The van der Waals surface area contributed by atoms with Crippen molar-refractivity contribution in [2.24, 2.45) is 5.92 Å². The van der Waals surface area contributed by atoms with Gasteiger partial charge in [-0.25, -0.2) is 4.98 Å². The molecule has 5 heteroatoms. The van der Waals surface area contributed by atoms with Crippen molar-refractivity contribution in [2.75, 3.05) is 17.2 Å². The van der Waals surface area contributed by atoms with Gasteiger partial charge in [0.15, 0.2) is 0 Å². The molecule has 0 aliphatic carbocycles. The SMILES string of the molecule is CC1CCC(C)N(c2nc(N)nc3sccc23)C1. The molecule has 2 N–H and O–H groups in total. The van der Waals surface area contributed by atoms with Gasteiger partial charge in [-0.05, 0) is 37.1 Å². The first kappa shape index (κ1) is 11.7. The highest BCUT2D eigenvalue weighted by atomic mass is 32.1. The van der Waals surface area contributed by atoms with Crippen molar-refractivity contribution < 1.29 is 0 Å². The molecule has 0 radical (unpaired) electrons. The maximum Gasteiger partial charge on any atom is 0.223 e. The van der Waals surface area contributed by atoms with Gasteiger partial charge in [0, 0.05) is 12.6 Å². The number of hydrogen-bond donors (Lipinski definition) is 1. The molecule has 2 aromatic heterocycles. The van der Waals surface area contributed by atoms with Crippen LogP contribution in [-0.2, 0) is 0 Å². The minimum atomic E-state index is 0.380. The third kappa shape index (κ3) is 1.92. The van der Waals surface area contributed by atoms with Crippen molar-refractivity contribution in [3.63, 3.8) is 0 Å². The molecule has 3 rings (SSSR count). The fourth-order valence-electron chi connectivity index (χ4n) is 2.66. The number of nitrogens with two attached hydrogens (primary N) is 1. The maximum absolute atomic E-state index is 5.83. The van der Waals surface area contributed by atoms with Gasteiger partial charge in [0.25, 0.3) is 0 Å². The number of anilines is 2. The molecule has 3 heterocycles. The average Bonchev–Trinajstić information content (AvgIpc) is 2.79. The Kier molecular flexibility index (Phi) is 2.86. The Morgan fingerprint density at radius 1 is 1.33 bits per heavy atom. The van der Waals surface area contributed by atoms with Crippen LogP contribution in [0.2, 0.25) is 0 Å². The number of fused-ring (bicyclic) bond motifs is 1. The summed E-state index contributed by atoms with van der Waals surface area (Å²) in [6.07, 6.45) is 2.52. The van der Waals surface area contributed by atoms with Crippen molar-refractivity contribution in [3.05, 3.63) is 11.4 Å². The molecule has 0 bridgehead atoms. The van der Waals surface area contributed by atoms with Gasteiger partial charge in [0.05, 0.1) is 5.39 Å². The van der Waals surface area contributed by atoms with E-state index in [1.807, 2.05) is 0 Å². The summed E-state index contributed by atoms with van der Waals surface area (Å²) in [4.78, 5) is 12.2. The van der Waals surface area contributed by atoms with Crippen LogP contribution >= 0.6 is 11.3 Å². The molecule has 1 aliphatic rings. The number of rotatable bonds is 1. The van der Waals surface area contributed by atoms with E-state index in [4.69, 9.17) is 5.73 Å². The number of nitrogen functional groups attached to an aromatic ring is 1. The molecule has 1 saturated heterocycles. The van der Waals surface area contributed by atoms with Gasteiger partial charge in [0.1, 0.15) is 10.6 Å². The quantitative estimate of drug-likeness (QED) is 0.858. The maximum atomic E-state index is 5.83. The van der Waals surface area contributed by atoms with Crippen molar-refractivity contribution in [2.45, 2.75) is 32.7 Å². The molecule has 96 valence electrons. The van der Waals surface area contributed by atoms with Crippen molar-refractivity contribution in [1.29, 1.82) is 0 Å². The van der Waals surface area contributed by atoms with Crippen LogP contribution in [0.15, 0.2) is 11.4 Å². The van der Waals surface area contributed by atoms with Gasteiger partial charge in [-0.3, -0.25) is 0 Å². The molecule has 18 heavy (non-hydrogen) atoms. The molecule has 0 spiro atoms. The van der Waals surface area contributed by atoms with E-state index in [-0.39, 0.29) is 0 Å². The van der Waals surface area contributed by atoms with Crippen LogP contribution < -0.4 is 10.6 Å². The molecule has 2 aromatic rings. The summed E-state index contributed by atoms with van der Waals surface area (Å²) < 4.78 is 0. The Morgan fingerprint density at radius 2 is 2.17 bits per heavy atom. The third-order valence-electron chi connectivity index (χ3n) is 3.71. The minimum Gasteiger partial charge on any atom is -0.368 e. The lowest BCUT2D eigenvalue weighted by Crippen LogP contribution is -2.41. The standard InChI is InChI=1S/C13H18N4S/c1-8-3-4-9(2)17(7-8)11-10-5-6-18-12(10)16-13(14)15-11/h5-6,8-9H,3-4,7H2,1-2H3,(H2,14,15,16). The number of aromatic nitrogens is 2. The van der Waals surface area contributed by atoms with E-state index in [0.717, 1.165) is 22.6 Å². The Morgan fingerprint density at radius 3 is 3.00 bits per heavy atom. The summed E-state index contributed by atoms with van der Waals surface area (Å²) in [5.74, 6) is 2.11. The lowest BCUT2D eigenvalue weighted by Gasteiger charge is -2.38. The molecule has 2 unspecified atom stereocenters. The van der Waals surface area contributed by atoms with Gasteiger partial charge in [-0.1, -0.05) is 6.92 Å². The van der Waals surface area contributed by atoms with Gasteiger partial charge in [-0.2, -0.15) is 4.98 Å². The average molecular weight is 262 g/mol. The molecule has 4 nitrogen and oxygen atoms in total. The first-order chi connectivity index (χ1) is 8.65. The van der Waals surface area contributed by atoms with E-state index in [0.29, 0.717) is 17.9 Å². The smallest absolute Gasteiger partial charge is 0.223 e. The highest BCUT2D eigenvalue weighted by Crippen LogP contribution is 2.33. The monoisotopic (exact) mass is 262 g/mol. The van der Waals surface area contributed by atoms with E-state index in [1.54, 1.807) is 11.3 Å². The van der Waals surface area contributed by atoms with E-state index < -0.39 is 0 Å². The lowest BCUT2D eigenvalue weighted by molar-refractivity contribution is 0.389. The zero-order valence-electron chi connectivity index (χ0n) is 10.8. The topological polar surface area (TPSA) is 55.0 Å². The molecule has 1 aliphatic heterocycles. The number of piperidine rings is 1. The molecule has 2 atom stereocenters. The largest absolute Gasteiger partial charge is 0.368 e. The lowest BCUT2D eigenvalue weighted by atomic mass is 9.95. The highest BCUT2D eigenvalue weighted by Gasteiger charge is 2.26. The third-order valence-corrected chi connectivity index (χ3v) is 4.52. The van der Waals surface area contributed by atoms with Crippen LogP contribution in [0, 0.1) is 5.92 Å². The number of nitrogens with zero attached hydrogens (tertiary/aromatic N) is 3. The van der Waals surface area contributed by atoms with Crippen LogP contribution in [0.4, 0.5) is 11.8 Å². The number of hydrogen-bond acceptors (Lipinski definition) is 5. The van der Waals surface area contributed by atoms with Crippen LogP contribution in [0.5, 0.6) is 0 Å². The van der Waals surface area contributed by atoms with Crippen molar-refractivity contribution in [3.8, 4) is 0 Å². The summed E-state index contributed by atoms with van der Waals surface area (Å²) in [6.45, 7) is 5.62. The van der Waals surface area contributed by atoms with E-state index in [9.17, 15) is 0 Å². The molecule has 0 aromatic carbocycles. The van der Waals surface area contributed by atoms with Crippen molar-refractivity contribution in [1.82, 2.24) is 9.97 Å². The first-order valence-corrected chi connectivity index (χ1v) is 7.30. The normalized spacial score (nSPS) is 24.7.